The molecular weight excluding hydrogens is 396 g/mol. The molecule has 1 atom stereocenters. The third-order valence-corrected chi connectivity index (χ3v) is 4.54. The van der Waals surface area contributed by atoms with Gasteiger partial charge in [-0.3, -0.25) is 5.32 Å². The molecule has 0 aliphatic heterocycles. The van der Waals surface area contributed by atoms with Crippen molar-refractivity contribution in [1.29, 1.82) is 0 Å². The molecule has 4 aromatic rings. The lowest BCUT2D eigenvalue weighted by Gasteiger charge is -2.10. The van der Waals surface area contributed by atoms with E-state index in [-0.39, 0.29) is 17.5 Å². The largest absolute Gasteiger partial charge is 0.493 e. The molecule has 0 amide bonds. The predicted molar refractivity (Wildman–Crippen MR) is 104 cm³/mol. The van der Waals surface area contributed by atoms with Crippen LogP contribution >= 0.6 is 0 Å². The van der Waals surface area contributed by atoms with E-state index in [0.717, 1.165) is 16.7 Å². The summed E-state index contributed by atoms with van der Waals surface area (Å²) in [4.78, 5) is 4.34. The van der Waals surface area contributed by atoms with E-state index in [4.69, 9.17) is 13.7 Å². The first-order valence-electron chi connectivity index (χ1n) is 9.21. The highest BCUT2D eigenvalue weighted by Crippen LogP contribution is 2.32. The van der Waals surface area contributed by atoms with E-state index in [1.165, 1.54) is 19.2 Å². The van der Waals surface area contributed by atoms with Crippen LogP contribution in [0.25, 0.3) is 22.4 Å². The number of aromatic nitrogens is 2. The number of para-hydroxylation sites is 1. The van der Waals surface area contributed by atoms with E-state index in [1.54, 1.807) is 6.07 Å². The van der Waals surface area contributed by atoms with Crippen LogP contribution < -0.4 is 14.8 Å². The summed E-state index contributed by atoms with van der Waals surface area (Å²) >= 11 is 0. The monoisotopic (exact) mass is 415 g/mol. The lowest BCUT2D eigenvalue weighted by Crippen LogP contribution is -2.17. The van der Waals surface area contributed by atoms with E-state index in [1.807, 2.05) is 37.3 Å². The van der Waals surface area contributed by atoms with Crippen molar-refractivity contribution in [3.05, 3.63) is 60.2 Å². The van der Waals surface area contributed by atoms with Crippen LogP contribution in [0.4, 0.5) is 8.78 Å². The summed E-state index contributed by atoms with van der Waals surface area (Å²) in [5, 5.41) is 8.26. The second-order valence-electron chi connectivity index (χ2n) is 6.55. The first-order valence-corrected chi connectivity index (χ1v) is 9.21. The summed E-state index contributed by atoms with van der Waals surface area (Å²) in [5.41, 5.74) is 1.38. The second kappa shape index (κ2) is 8.50. The van der Waals surface area contributed by atoms with Gasteiger partial charge >= 0.3 is 6.61 Å². The number of methoxy groups -OCH3 is 1. The van der Waals surface area contributed by atoms with Crippen molar-refractivity contribution in [2.24, 2.45) is 0 Å². The number of halogens is 2. The van der Waals surface area contributed by atoms with Crippen molar-refractivity contribution >= 4 is 11.0 Å². The Bertz CT molecular complexity index is 1110. The summed E-state index contributed by atoms with van der Waals surface area (Å²) in [7, 11) is 1.36. The third kappa shape index (κ3) is 4.25. The third-order valence-electron chi connectivity index (χ3n) is 4.54. The summed E-state index contributed by atoms with van der Waals surface area (Å²) in [6.07, 6.45) is 0. The van der Waals surface area contributed by atoms with Crippen LogP contribution in [0.1, 0.15) is 24.6 Å². The molecule has 1 N–H and O–H groups in total. The van der Waals surface area contributed by atoms with Crippen molar-refractivity contribution < 1.29 is 27.2 Å². The topological polar surface area (TPSA) is 82.6 Å². The molecule has 0 saturated carbocycles. The van der Waals surface area contributed by atoms with E-state index < -0.39 is 6.61 Å². The van der Waals surface area contributed by atoms with Crippen LogP contribution in [-0.2, 0) is 6.54 Å². The highest BCUT2D eigenvalue weighted by atomic mass is 19.3. The molecule has 30 heavy (non-hydrogen) atoms. The molecule has 4 rings (SSSR count). The van der Waals surface area contributed by atoms with Crippen molar-refractivity contribution in [2.75, 3.05) is 7.11 Å². The fourth-order valence-corrected chi connectivity index (χ4v) is 3.00. The number of hydrogen-bond donors (Lipinski definition) is 1. The molecule has 0 fully saturated rings. The molecule has 0 aliphatic rings. The molecule has 9 heteroatoms. The number of furan rings is 1. The number of hydrogen-bond acceptors (Lipinski definition) is 7. The van der Waals surface area contributed by atoms with Gasteiger partial charge in [0, 0.05) is 10.9 Å². The number of alkyl halides is 2. The molecule has 156 valence electrons. The molecule has 0 aliphatic carbocycles. The Kier molecular flexibility index (Phi) is 5.62. The SMILES string of the molecule is COc1cc(-c2noc(CNC(C)c3cc4ccccc4o3)n2)ccc1OC(F)F. The van der Waals surface area contributed by atoms with E-state index >= 15 is 0 Å². The van der Waals surface area contributed by atoms with Gasteiger partial charge in [-0.2, -0.15) is 13.8 Å². The minimum atomic E-state index is -2.94. The molecule has 0 bridgehead atoms. The van der Waals surface area contributed by atoms with Crippen LogP contribution in [0.2, 0.25) is 0 Å². The van der Waals surface area contributed by atoms with Gasteiger partial charge in [0.2, 0.25) is 11.7 Å². The second-order valence-corrected chi connectivity index (χ2v) is 6.55. The number of nitrogens with one attached hydrogen (secondary N) is 1. The maximum absolute atomic E-state index is 12.5. The Labute approximate surface area is 170 Å². The van der Waals surface area contributed by atoms with Gasteiger partial charge in [0.25, 0.3) is 0 Å². The van der Waals surface area contributed by atoms with Crippen LogP contribution in [0, 0.1) is 0 Å². The van der Waals surface area contributed by atoms with E-state index in [2.05, 4.69) is 20.2 Å². The van der Waals surface area contributed by atoms with Gasteiger partial charge in [0.1, 0.15) is 11.3 Å². The van der Waals surface area contributed by atoms with Gasteiger partial charge in [-0.25, -0.2) is 0 Å². The van der Waals surface area contributed by atoms with E-state index in [9.17, 15) is 8.78 Å². The Hall–Kier alpha value is -3.46. The van der Waals surface area contributed by atoms with Crippen molar-refractivity contribution in [3.8, 4) is 22.9 Å². The average molecular weight is 415 g/mol. The standard InChI is InChI=1S/C21H19F2N3O4/c1-12(17-9-13-5-3-4-6-15(13)28-17)24-11-19-25-20(26-30-19)14-7-8-16(29-21(22)23)18(10-14)27-2/h3-10,12,21,24H,11H2,1-2H3. The lowest BCUT2D eigenvalue weighted by molar-refractivity contribution is -0.0512. The van der Waals surface area contributed by atoms with Gasteiger partial charge in [-0.1, -0.05) is 23.4 Å². The summed E-state index contributed by atoms with van der Waals surface area (Å²) in [5.74, 6) is 1.57. The number of rotatable bonds is 8. The lowest BCUT2D eigenvalue weighted by atomic mass is 10.2. The summed E-state index contributed by atoms with van der Waals surface area (Å²) < 4.78 is 45.6. The molecule has 2 heterocycles. The van der Waals surface area contributed by atoms with Gasteiger partial charge in [-0.15, -0.1) is 0 Å². The number of nitrogens with zero attached hydrogens (tertiary/aromatic N) is 2. The minimum absolute atomic E-state index is 0.0682. The van der Waals surface area contributed by atoms with Crippen molar-refractivity contribution in [2.45, 2.75) is 26.1 Å². The number of fused-ring (bicyclic) bond motifs is 1. The highest BCUT2D eigenvalue weighted by molar-refractivity contribution is 5.77. The summed E-state index contributed by atoms with van der Waals surface area (Å²) in [6.45, 7) is -0.641. The maximum atomic E-state index is 12.5. The zero-order chi connectivity index (χ0) is 21.1. The normalized spacial score (nSPS) is 12.4. The van der Waals surface area contributed by atoms with Crippen LogP contribution in [-0.4, -0.2) is 23.9 Å². The molecule has 1 unspecified atom stereocenters. The smallest absolute Gasteiger partial charge is 0.387 e. The molecule has 7 nitrogen and oxygen atoms in total. The predicted octanol–water partition coefficient (Wildman–Crippen LogP) is 4.94. The summed E-state index contributed by atoms with van der Waals surface area (Å²) in [6, 6.07) is 14.2. The average Bonchev–Trinajstić information content (AvgIpc) is 3.39. The Morgan fingerprint density at radius 2 is 1.93 bits per heavy atom. The Morgan fingerprint density at radius 3 is 2.70 bits per heavy atom. The Balaban J connectivity index is 1.43. The van der Waals surface area contributed by atoms with Crippen molar-refractivity contribution in [1.82, 2.24) is 15.5 Å². The zero-order valence-electron chi connectivity index (χ0n) is 16.3. The molecule has 2 aromatic heterocycles. The van der Waals surface area contributed by atoms with Gasteiger partial charge in [0.05, 0.1) is 19.7 Å². The molecular formula is C21H19F2N3O4. The maximum Gasteiger partial charge on any atom is 0.387 e. The number of benzene rings is 2. The minimum Gasteiger partial charge on any atom is -0.493 e. The molecule has 2 aromatic carbocycles. The van der Waals surface area contributed by atoms with Gasteiger partial charge < -0.3 is 18.4 Å². The van der Waals surface area contributed by atoms with Gasteiger partial charge in [-0.05, 0) is 37.3 Å². The number of ether oxygens (including phenoxy) is 2. The first kappa shape index (κ1) is 19.8. The quantitative estimate of drug-likeness (QED) is 0.436. The van der Waals surface area contributed by atoms with E-state index in [0.29, 0.717) is 23.8 Å². The highest BCUT2D eigenvalue weighted by Gasteiger charge is 2.16. The zero-order valence-corrected chi connectivity index (χ0v) is 16.3. The molecule has 0 saturated heterocycles. The van der Waals surface area contributed by atoms with Gasteiger partial charge in [0.15, 0.2) is 11.5 Å². The van der Waals surface area contributed by atoms with Crippen molar-refractivity contribution in [3.63, 3.8) is 0 Å². The molecule has 0 spiro atoms. The Morgan fingerprint density at radius 1 is 1.10 bits per heavy atom. The van der Waals surface area contributed by atoms with Crippen LogP contribution in [0.5, 0.6) is 11.5 Å². The molecule has 0 radical (unpaired) electrons. The van der Waals surface area contributed by atoms with Crippen LogP contribution in [0.15, 0.2) is 57.5 Å². The fraction of sp³-hybridized carbons (Fsp3) is 0.238. The first-order chi connectivity index (χ1) is 14.5. The fourth-order valence-electron chi connectivity index (χ4n) is 3.00. The van der Waals surface area contributed by atoms with Crippen LogP contribution in [0.3, 0.4) is 0 Å².